The van der Waals surface area contributed by atoms with Gasteiger partial charge in [0.05, 0.1) is 25.0 Å². The van der Waals surface area contributed by atoms with Gasteiger partial charge in [0.15, 0.2) is 0 Å². The van der Waals surface area contributed by atoms with Crippen molar-refractivity contribution in [1.29, 1.82) is 0 Å². The van der Waals surface area contributed by atoms with Crippen LogP contribution in [0.15, 0.2) is 0 Å². The number of carboxylic acids is 1. The summed E-state index contributed by atoms with van der Waals surface area (Å²) in [5.74, 6) is -1.39. The Hall–Kier alpha value is -1.14. The molecule has 0 aromatic carbocycles. The number of ether oxygens (including phenoxy) is 1. The molecule has 2 aliphatic heterocycles. The van der Waals surface area contributed by atoms with Crippen LogP contribution in [0, 0.1) is 17.8 Å². The quantitative estimate of drug-likeness (QED) is 0.739. The van der Waals surface area contributed by atoms with Gasteiger partial charge in [0.1, 0.15) is 0 Å². The molecule has 4 unspecified atom stereocenters. The van der Waals surface area contributed by atoms with Crippen molar-refractivity contribution in [3.8, 4) is 0 Å². The molecule has 0 bridgehead atoms. The van der Waals surface area contributed by atoms with E-state index in [1.165, 1.54) is 0 Å². The smallest absolute Gasteiger partial charge is 0.308 e. The lowest BCUT2D eigenvalue weighted by Gasteiger charge is -2.23. The van der Waals surface area contributed by atoms with Crippen LogP contribution in [0.4, 0.5) is 0 Å². The minimum atomic E-state index is -0.811. The minimum Gasteiger partial charge on any atom is -0.481 e. The van der Waals surface area contributed by atoms with E-state index >= 15 is 0 Å². The van der Waals surface area contributed by atoms with Gasteiger partial charge in [-0.25, -0.2) is 0 Å². The van der Waals surface area contributed by atoms with Crippen molar-refractivity contribution in [1.82, 2.24) is 10.2 Å². The standard InChI is InChI=1S/C13H22N2O4/c1-3-14-11-7-19-6-10(11)12(16)15-4-8(2)9(5-15)13(17)18/h8-11,14H,3-7H2,1-2H3,(H,17,18). The van der Waals surface area contributed by atoms with Crippen LogP contribution < -0.4 is 5.32 Å². The number of hydrogen-bond acceptors (Lipinski definition) is 4. The van der Waals surface area contributed by atoms with Crippen molar-refractivity contribution >= 4 is 11.9 Å². The molecule has 4 atom stereocenters. The molecule has 0 aromatic heterocycles. The van der Waals surface area contributed by atoms with E-state index in [2.05, 4.69) is 5.32 Å². The van der Waals surface area contributed by atoms with Gasteiger partial charge in [0, 0.05) is 19.1 Å². The monoisotopic (exact) mass is 270 g/mol. The van der Waals surface area contributed by atoms with E-state index in [0.29, 0.717) is 26.3 Å². The van der Waals surface area contributed by atoms with Crippen molar-refractivity contribution in [2.24, 2.45) is 17.8 Å². The predicted molar refractivity (Wildman–Crippen MR) is 68.6 cm³/mol. The van der Waals surface area contributed by atoms with Crippen molar-refractivity contribution in [2.45, 2.75) is 19.9 Å². The molecule has 0 saturated carbocycles. The van der Waals surface area contributed by atoms with Gasteiger partial charge in [-0.05, 0) is 12.5 Å². The summed E-state index contributed by atoms with van der Waals surface area (Å²) < 4.78 is 5.38. The highest BCUT2D eigenvalue weighted by Crippen LogP contribution is 2.26. The van der Waals surface area contributed by atoms with Crippen LogP contribution in [0.3, 0.4) is 0 Å². The van der Waals surface area contributed by atoms with Crippen LogP contribution >= 0.6 is 0 Å². The van der Waals surface area contributed by atoms with E-state index in [9.17, 15) is 9.59 Å². The van der Waals surface area contributed by atoms with Gasteiger partial charge < -0.3 is 20.1 Å². The number of hydrogen-bond donors (Lipinski definition) is 2. The van der Waals surface area contributed by atoms with Crippen LogP contribution in [0.5, 0.6) is 0 Å². The Labute approximate surface area is 113 Å². The number of likely N-dealkylation sites (tertiary alicyclic amines) is 1. The lowest BCUT2D eigenvalue weighted by molar-refractivity contribution is -0.142. The molecule has 19 heavy (non-hydrogen) atoms. The second kappa shape index (κ2) is 5.88. The van der Waals surface area contributed by atoms with E-state index in [0.717, 1.165) is 6.54 Å². The minimum absolute atomic E-state index is 0.0151. The fraction of sp³-hybridized carbons (Fsp3) is 0.846. The Morgan fingerprint density at radius 1 is 1.32 bits per heavy atom. The number of carbonyl (C=O) groups is 2. The van der Waals surface area contributed by atoms with Crippen molar-refractivity contribution in [2.75, 3.05) is 32.8 Å². The average molecular weight is 270 g/mol. The first-order valence-electron chi connectivity index (χ1n) is 6.87. The predicted octanol–water partition coefficient (Wildman–Crippen LogP) is -0.210. The summed E-state index contributed by atoms with van der Waals surface area (Å²) in [7, 11) is 0. The summed E-state index contributed by atoms with van der Waals surface area (Å²) >= 11 is 0. The van der Waals surface area contributed by atoms with E-state index in [1.807, 2.05) is 13.8 Å². The average Bonchev–Trinajstić information content (AvgIpc) is 2.95. The maximum absolute atomic E-state index is 12.5. The summed E-state index contributed by atoms with van der Waals surface area (Å²) in [4.78, 5) is 25.2. The van der Waals surface area contributed by atoms with Crippen molar-refractivity contribution in [3.63, 3.8) is 0 Å². The van der Waals surface area contributed by atoms with Crippen LogP contribution in [0.2, 0.25) is 0 Å². The van der Waals surface area contributed by atoms with Crippen LogP contribution in [-0.4, -0.2) is 60.8 Å². The topological polar surface area (TPSA) is 78.9 Å². The number of carbonyl (C=O) groups excluding carboxylic acids is 1. The first-order valence-corrected chi connectivity index (χ1v) is 6.87. The molecular formula is C13H22N2O4. The van der Waals surface area contributed by atoms with Crippen LogP contribution in [0.25, 0.3) is 0 Å². The fourth-order valence-electron chi connectivity index (χ4n) is 2.96. The SMILES string of the molecule is CCNC1COCC1C(=O)N1CC(C)C(C(=O)O)C1. The summed E-state index contributed by atoms with van der Waals surface area (Å²) in [5.41, 5.74) is 0. The maximum Gasteiger partial charge on any atom is 0.308 e. The number of aliphatic carboxylic acids is 1. The zero-order valence-corrected chi connectivity index (χ0v) is 11.5. The highest BCUT2D eigenvalue weighted by molar-refractivity contribution is 5.82. The first-order chi connectivity index (χ1) is 9.04. The number of amides is 1. The Morgan fingerprint density at radius 2 is 2.05 bits per heavy atom. The third kappa shape index (κ3) is 2.90. The summed E-state index contributed by atoms with van der Waals surface area (Å²) in [6.45, 7) is 6.52. The number of nitrogens with one attached hydrogen (secondary N) is 1. The lowest BCUT2D eigenvalue weighted by atomic mass is 9.99. The van der Waals surface area contributed by atoms with Gasteiger partial charge in [-0.3, -0.25) is 9.59 Å². The number of nitrogens with zero attached hydrogens (tertiary/aromatic N) is 1. The Kier molecular flexibility index (Phi) is 4.42. The molecular weight excluding hydrogens is 248 g/mol. The molecule has 6 nitrogen and oxygen atoms in total. The van der Waals surface area contributed by atoms with Gasteiger partial charge in [-0.2, -0.15) is 0 Å². The number of rotatable bonds is 4. The Bertz CT molecular complexity index is 361. The van der Waals surface area contributed by atoms with Crippen molar-refractivity contribution < 1.29 is 19.4 Å². The molecule has 2 fully saturated rings. The van der Waals surface area contributed by atoms with Gasteiger partial charge in [-0.15, -0.1) is 0 Å². The highest BCUT2D eigenvalue weighted by Gasteiger charge is 2.42. The Morgan fingerprint density at radius 3 is 2.63 bits per heavy atom. The summed E-state index contributed by atoms with van der Waals surface area (Å²) in [5, 5.41) is 12.4. The third-order valence-corrected chi connectivity index (χ3v) is 4.11. The molecule has 108 valence electrons. The molecule has 2 saturated heterocycles. The summed E-state index contributed by atoms with van der Waals surface area (Å²) in [6.07, 6.45) is 0. The number of likely N-dealkylation sites (N-methyl/N-ethyl adjacent to an activating group) is 1. The molecule has 0 radical (unpaired) electrons. The van der Waals surface area contributed by atoms with Gasteiger partial charge in [-0.1, -0.05) is 13.8 Å². The van der Waals surface area contributed by atoms with Crippen molar-refractivity contribution in [3.05, 3.63) is 0 Å². The molecule has 2 aliphatic rings. The fourth-order valence-corrected chi connectivity index (χ4v) is 2.96. The normalized spacial score (nSPS) is 34.7. The van der Waals surface area contributed by atoms with Gasteiger partial charge in [0.2, 0.25) is 5.91 Å². The molecule has 2 N–H and O–H groups in total. The van der Waals surface area contributed by atoms with Crippen LogP contribution in [-0.2, 0) is 14.3 Å². The van der Waals surface area contributed by atoms with E-state index in [-0.39, 0.29) is 23.8 Å². The van der Waals surface area contributed by atoms with Gasteiger partial charge in [0.25, 0.3) is 0 Å². The second-order valence-corrected chi connectivity index (χ2v) is 5.47. The van der Waals surface area contributed by atoms with E-state index in [4.69, 9.17) is 9.84 Å². The first kappa shape index (κ1) is 14.3. The third-order valence-electron chi connectivity index (χ3n) is 4.11. The molecule has 2 rings (SSSR count). The zero-order valence-electron chi connectivity index (χ0n) is 11.5. The lowest BCUT2D eigenvalue weighted by Crippen LogP contribution is -2.45. The number of carboxylic acid groups (broad SMARTS) is 1. The van der Waals surface area contributed by atoms with E-state index < -0.39 is 11.9 Å². The molecule has 0 spiro atoms. The highest BCUT2D eigenvalue weighted by atomic mass is 16.5. The summed E-state index contributed by atoms with van der Waals surface area (Å²) in [6, 6.07) is 0.0525. The van der Waals surface area contributed by atoms with Crippen LogP contribution in [0.1, 0.15) is 13.8 Å². The zero-order chi connectivity index (χ0) is 14.0. The maximum atomic E-state index is 12.5. The second-order valence-electron chi connectivity index (χ2n) is 5.47. The molecule has 1 amide bonds. The van der Waals surface area contributed by atoms with E-state index in [1.54, 1.807) is 4.90 Å². The Balaban J connectivity index is 1.99. The molecule has 0 aromatic rings. The van der Waals surface area contributed by atoms with Gasteiger partial charge >= 0.3 is 5.97 Å². The molecule has 2 heterocycles. The molecule has 6 heteroatoms. The largest absolute Gasteiger partial charge is 0.481 e. The molecule has 0 aliphatic carbocycles.